The highest BCUT2D eigenvalue weighted by atomic mass is 19.1. The topological polar surface area (TPSA) is 38.3 Å². The number of rotatable bonds is 3. The molecular weight excluding hydrogens is 324 g/mol. The molecule has 3 rings (SSSR count). The van der Waals surface area contributed by atoms with Crippen LogP contribution in [0, 0.1) is 11.6 Å². The van der Waals surface area contributed by atoms with E-state index in [1.54, 1.807) is 0 Å². The smallest absolute Gasteiger partial charge is 0.257 e. The maximum absolute atomic E-state index is 13.6. The SMILES string of the molecule is CC(C)(C)c1ccc2c(c1)CC(CNC(=O)c1c(F)cccc1F)O2. The number of halogens is 2. The molecule has 132 valence electrons. The van der Waals surface area contributed by atoms with E-state index in [2.05, 4.69) is 32.2 Å². The van der Waals surface area contributed by atoms with Gasteiger partial charge < -0.3 is 10.1 Å². The molecule has 0 aliphatic carbocycles. The summed E-state index contributed by atoms with van der Waals surface area (Å²) in [6, 6.07) is 9.45. The van der Waals surface area contributed by atoms with Gasteiger partial charge in [-0.15, -0.1) is 0 Å². The summed E-state index contributed by atoms with van der Waals surface area (Å²) in [5, 5.41) is 2.56. The predicted octanol–water partition coefficient (Wildman–Crippen LogP) is 4.00. The summed E-state index contributed by atoms with van der Waals surface area (Å²) in [6.45, 7) is 6.62. The molecule has 0 spiro atoms. The molecule has 1 N–H and O–H groups in total. The van der Waals surface area contributed by atoms with Crippen LogP contribution in [0.5, 0.6) is 5.75 Å². The van der Waals surface area contributed by atoms with Gasteiger partial charge in [0.25, 0.3) is 5.91 Å². The van der Waals surface area contributed by atoms with Crippen LogP contribution in [0.4, 0.5) is 8.78 Å². The number of hydrogen-bond donors (Lipinski definition) is 1. The van der Waals surface area contributed by atoms with Crippen LogP contribution in [-0.4, -0.2) is 18.6 Å². The van der Waals surface area contributed by atoms with E-state index in [1.165, 1.54) is 11.6 Å². The van der Waals surface area contributed by atoms with E-state index in [-0.39, 0.29) is 18.1 Å². The number of ether oxygens (including phenoxy) is 1. The van der Waals surface area contributed by atoms with Crippen LogP contribution in [0.3, 0.4) is 0 Å². The Morgan fingerprint density at radius 1 is 1.20 bits per heavy atom. The van der Waals surface area contributed by atoms with Gasteiger partial charge in [-0.2, -0.15) is 0 Å². The first-order chi connectivity index (χ1) is 11.8. The lowest BCUT2D eigenvalue weighted by atomic mass is 9.86. The molecule has 1 aliphatic heterocycles. The second-order valence-electron chi connectivity index (χ2n) is 7.32. The van der Waals surface area contributed by atoms with Crippen molar-refractivity contribution in [3.8, 4) is 5.75 Å². The Balaban J connectivity index is 1.65. The van der Waals surface area contributed by atoms with Crippen molar-refractivity contribution < 1.29 is 18.3 Å². The Bertz CT molecular complexity index is 792. The summed E-state index contributed by atoms with van der Waals surface area (Å²) >= 11 is 0. The Morgan fingerprint density at radius 3 is 2.52 bits per heavy atom. The number of carbonyl (C=O) groups excluding carboxylic acids is 1. The van der Waals surface area contributed by atoms with Gasteiger partial charge in [-0.1, -0.05) is 39.0 Å². The fraction of sp³-hybridized carbons (Fsp3) is 0.350. The molecular formula is C20H21F2NO2. The van der Waals surface area contributed by atoms with Crippen LogP contribution in [0.25, 0.3) is 0 Å². The molecule has 0 bridgehead atoms. The van der Waals surface area contributed by atoms with Crippen LogP contribution in [0.15, 0.2) is 36.4 Å². The lowest BCUT2D eigenvalue weighted by Gasteiger charge is -2.19. The van der Waals surface area contributed by atoms with Crippen LogP contribution in [-0.2, 0) is 11.8 Å². The molecule has 1 aliphatic rings. The van der Waals surface area contributed by atoms with Crippen LogP contribution in [0.1, 0.15) is 42.3 Å². The summed E-state index contributed by atoms with van der Waals surface area (Å²) < 4.78 is 33.1. The van der Waals surface area contributed by atoms with Crippen molar-refractivity contribution in [1.29, 1.82) is 0 Å². The summed E-state index contributed by atoms with van der Waals surface area (Å²) in [5.41, 5.74) is 1.79. The molecule has 1 atom stereocenters. The van der Waals surface area contributed by atoms with Crippen molar-refractivity contribution in [2.24, 2.45) is 0 Å². The third kappa shape index (κ3) is 3.65. The van der Waals surface area contributed by atoms with Gasteiger partial charge >= 0.3 is 0 Å². The van der Waals surface area contributed by atoms with Crippen molar-refractivity contribution in [1.82, 2.24) is 5.32 Å². The highest BCUT2D eigenvalue weighted by Gasteiger charge is 2.26. The van der Waals surface area contributed by atoms with Crippen molar-refractivity contribution in [2.75, 3.05) is 6.54 Å². The average molecular weight is 345 g/mol. The van der Waals surface area contributed by atoms with E-state index >= 15 is 0 Å². The van der Waals surface area contributed by atoms with Gasteiger partial charge in [0, 0.05) is 6.42 Å². The second kappa shape index (κ2) is 6.47. The summed E-state index contributed by atoms with van der Waals surface area (Å²) in [4.78, 5) is 12.1. The Hall–Kier alpha value is -2.43. The van der Waals surface area contributed by atoms with Crippen molar-refractivity contribution >= 4 is 5.91 Å². The first-order valence-electron chi connectivity index (χ1n) is 8.28. The minimum absolute atomic E-state index is 0.0453. The maximum Gasteiger partial charge on any atom is 0.257 e. The summed E-state index contributed by atoms with van der Waals surface area (Å²) in [6.07, 6.45) is 0.406. The van der Waals surface area contributed by atoms with E-state index in [1.807, 2.05) is 12.1 Å². The fourth-order valence-electron chi connectivity index (χ4n) is 2.91. The van der Waals surface area contributed by atoms with Gasteiger partial charge in [0.2, 0.25) is 0 Å². The third-order valence-electron chi connectivity index (χ3n) is 4.35. The normalized spacial score (nSPS) is 16.3. The molecule has 0 radical (unpaired) electrons. The van der Waals surface area contributed by atoms with Crippen LogP contribution >= 0.6 is 0 Å². The Morgan fingerprint density at radius 2 is 1.88 bits per heavy atom. The minimum Gasteiger partial charge on any atom is -0.488 e. The number of hydrogen-bond acceptors (Lipinski definition) is 2. The van der Waals surface area contributed by atoms with Crippen molar-refractivity contribution in [2.45, 2.75) is 38.7 Å². The van der Waals surface area contributed by atoms with Crippen LogP contribution in [0.2, 0.25) is 0 Å². The van der Waals surface area contributed by atoms with E-state index in [0.717, 1.165) is 23.4 Å². The molecule has 1 heterocycles. The lowest BCUT2D eigenvalue weighted by molar-refractivity contribution is 0.0925. The Labute approximate surface area is 146 Å². The predicted molar refractivity (Wildman–Crippen MR) is 92.0 cm³/mol. The van der Waals surface area contributed by atoms with Gasteiger partial charge in [-0.25, -0.2) is 8.78 Å². The van der Waals surface area contributed by atoms with Gasteiger partial charge in [0.15, 0.2) is 0 Å². The van der Waals surface area contributed by atoms with E-state index in [0.29, 0.717) is 6.42 Å². The number of fused-ring (bicyclic) bond motifs is 1. The number of benzene rings is 2. The lowest BCUT2D eigenvalue weighted by Crippen LogP contribution is -2.35. The molecule has 25 heavy (non-hydrogen) atoms. The van der Waals surface area contributed by atoms with Crippen molar-refractivity contribution in [3.05, 3.63) is 64.7 Å². The van der Waals surface area contributed by atoms with E-state index in [4.69, 9.17) is 4.74 Å². The average Bonchev–Trinajstić information content (AvgIpc) is 2.94. The standard InChI is InChI=1S/C20H21F2NO2/c1-20(2,3)13-7-8-17-12(9-13)10-14(25-17)11-23-19(24)18-15(21)5-4-6-16(18)22/h4-9,14H,10-11H2,1-3H3,(H,23,24). The molecule has 0 saturated heterocycles. The third-order valence-corrected chi connectivity index (χ3v) is 4.35. The first-order valence-corrected chi connectivity index (χ1v) is 8.28. The molecule has 1 amide bonds. The zero-order valence-corrected chi connectivity index (χ0v) is 14.5. The summed E-state index contributed by atoms with van der Waals surface area (Å²) in [5.74, 6) is -1.72. The summed E-state index contributed by atoms with van der Waals surface area (Å²) in [7, 11) is 0. The molecule has 1 unspecified atom stereocenters. The van der Waals surface area contributed by atoms with Gasteiger partial charge in [-0.05, 0) is 34.7 Å². The number of nitrogens with one attached hydrogen (secondary N) is 1. The minimum atomic E-state index is -0.872. The monoisotopic (exact) mass is 345 g/mol. The number of amides is 1. The molecule has 5 heteroatoms. The first kappa shape index (κ1) is 17.4. The molecule has 0 aromatic heterocycles. The van der Waals surface area contributed by atoms with Gasteiger partial charge in [0.1, 0.15) is 29.1 Å². The quantitative estimate of drug-likeness (QED) is 0.913. The molecule has 2 aromatic rings. The van der Waals surface area contributed by atoms with Crippen molar-refractivity contribution in [3.63, 3.8) is 0 Å². The second-order valence-corrected chi connectivity index (χ2v) is 7.32. The van der Waals surface area contributed by atoms with Gasteiger partial charge in [0.05, 0.1) is 6.54 Å². The van der Waals surface area contributed by atoms with E-state index in [9.17, 15) is 13.6 Å². The van der Waals surface area contributed by atoms with E-state index < -0.39 is 23.1 Å². The zero-order chi connectivity index (χ0) is 18.2. The molecule has 2 aromatic carbocycles. The fourth-order valence-corrected chi connectivity index (χ4v) is 2.91. The highest BCUT2D eigenvalue weighted by Crippen LogP contribution is 2.33. The molecule has 0 saturated carbocycles. The largest absolute Gasteiger partial charge is 0.488 e. The highest BCUT2D eigenvalue weighted by molar-refractivity contribution is 5.94. The maximum atomic E-state index is 13.6. The number of carbonyl (C=O) groups is 1. The molecule has 3 nitrogen and oxygen atoms in total. The zero-order valence-electron chi connectivity index (χ0n) is 14.5. The van der Waals surface area contributed by atoms with Crippen LogP contribution < -0.4 is 10.1 Å². The van der Waals surface area contributed by atoms with Gasteiger partial charge in [-0.3, -0.25) is 4.79 Å². The molecule has 0 fully saturated rings. The Kier molecular flexibility index (Phi) is 4.50.